The first-order chi connectivity index (χ1) is 9.04. The zero-order chi connectivity index (χ0) is 15.6. The van der Waals surface area contributed by atoms with E-state index in [2.05, 4.69) is 10.0 Å². The molecule has 1 rings (SSSR count). The molecule has 0 unspecified atom stereocenters. The summed E-state index contributed by atoms with van der Waals surface area (Å²) < 4.78 is 26.1. The number of carbonyl (C=O) groups excluding carboxylic acids is 1. The number of sulfonamides is 1. The highest BCUT2D eigenvalue weighted by Gasteiger charge is 2.32. The Kier molecular flexibility index (Phi) is 4.51. The van der Waals surface area contributed by atoms with Gasteiger partial charge in [0.25, 0.3) is 0 Å². The van der Waals surface area contributed by atoms with Crippen LogP contribution < -0.4 is 10.0 Å². The lowest BCUT2D eigenvalue weighted by atomic mass is 10.1. The SMILES string of the molecule is CC(=O)Nc1ccc(S(=O)(=O)NC(C)(C)C(=O)O)cc1. The third-order valence-corrected chi connectivity index (χ3v) is 4.08. The number of anilines is 1. The normalized spacial score (nSPS) is 11.9. The number of rotatable bonds is 5. The van der Waals surface area contributed by atoms with E-state index in [0.717, 1.165) is 0 Å². The van der Waals surface area contributed by atoms with Gasteiger partial charge in [-0.05, 0) is 38.1 Å². The van der Waals surface area contributed by atoms with Crippen molar-refractivity contribution in [2.45, 2.75) is 31.2 Å². The molecule has 1 amide bonds. The summed E-state index contributed by atoms with van der Waals surface area (Å²) in [5.74, 6) is -1.55. The number of benzene rings is 1. The summed E-state index contributed by atoms with van der Waals surface area (Å²) >= 11 is 0. The lowest BCUT2D eigenvalue weighted by Gasteiger charge is -2.20. The van der Waals surface area contributed by atoms with E-state index in [1.165, 1.54) is 45.0 Å². The Hall–Kier alpha value is -1.93. The number of hydrogen-bond acceptors (Lipinski definition) is 4. The number of nitrogens with one attached hydrogen (secondary N) is 2. The molecule has 0 saturated heterocycles. The molecule has 0 atom stereocenters. The monoisotopic (exact) mass is 300 g/mol. The fraction of sp³-hybridized carbons (Fsp3) is 0.333. The fourth-order valence-corrected chi connectivity index (χ4v) is 2.73. The van der Waals surface area contributed by atoms with E-state index in [9.17, 15) is 18.0 Å². The van der Waals surface area contributed by atoms with Crippen molar-refractivity contribution in [2.24, 2.45) is 0 Å². The zero-order valence-electron chi connectivity index (χ0n) is 11.3. The molecule has 0 spiro atoms. The lowest BCUT2D eigenvalue weighted by Crippen LogP contribution is -2.49. The minimum absolute atomic E-state index is 0.0825. The van der Waals surface area contributed by atoms with Crippen LogP contribution in [0.15, 0.2) is 29.2 Å². The van der Waals surface area contributed by atoms with E-state index >= 15 is 0 Å². The molecule has 0 radical (unpaired) electrons. The smallest absolute Gasteiger partial charge is 0.324 e. The summed E-state index contributed by atoms with van der Waals surface area (Å²) in [5.41, 5.74) is -1.16. The van der Waals surface area contributed by atoms with Crippen molar-refractivity contribution in [2.75, 3.05) is 5.32 Å². The van der Waals surface area contributed by atoms with Crippen LogP contribution in [0.1, 0.15) is 20.8 Å². The standard InChI is InChI=1S/C12H16N2O5S/c1-8(15)13-9-4-6-10(7-5-9)20(18,19)14-12(2,3)11(16)17/h4-7,14H,1-3H3,(H,13,15)(H,16,17). The molecule has 8 heteroatoms. The first kappa shape index (κ1) is 16.1. The number of amides is 1. The van der Waals surface area contributed by atoms with Crippen molar-refractivity contribution in [3.8, 4) is 0 Å². The predicted octanol–water partition coefficient (Wildman–Crippen LogP) is 0.786. The van der Waals surface area contributed by atoms with Gasteiger partial charge in [0, 0.05) is 12.6 Å². The van der Waals surface area contributed by atoms with E-state index in [0.29, 0.717) is 5.69 Å². The molecule has 0 bridgehead atoms. The Morgan fingerprint density at radius 2 is 1.65 bits per heavy atom. The molecule has 20 heavy (non-hydrogen) atoms. The van der Waals surface area contributed by atoms with Crippen LogP contribution in [0.4, 0.5) is 5.69 Å². The molecule has 0 fully saturated rings. The molecule has 0 saturated carbocycles. The summed E-state index contributed by atoms with van der Waals surface area (Å²) in [6.07, 6.45) is 0. The maximum Gasteiger partial charge on any atom is 0.324 e. The average Bonchev–Trinajstić information content (AvgIpc) is 2.27. The van der Waals surface area contributed by atoms with Crippen molar-refractivity contribution in [3.63, 3.8) is 0 Å². The van der Waals surface area contributed by atoms with Crippen LogP contribution in [-0.4, -0.2) is 30.9 Å². The first-order valence-electron chi connectivity index (χ1n) is 5.69. The van der Waals surface area contributed by atoms with Gasteiger partial charge in [-0.3, -0.25) is 9.59 Å². The Morgan fingerprint density at radius 1 is 1.15 bits per heavy atom. The second-order valence-electron chi connectivity index (χ2n) is 4.74. The average molecular weight is 300 g/mol. The van der Waals surface area contributed by atoms with Gasteiger partial charge in [-0.25, -0.2) is 8.42 Å². The second kappa shape index (κ2) is 5.59. The van der Waals surface area contributed by atoms with Gasteiger partial charge in [-0.2, -0.15) is 4.72 Å². The summed E-state index contributed by atoms with van der Waals surface area (Å²) in [7, 11) is -3.95. The van der Waals surface area contributed by atoms with E-state index in [-0.39, 0.29) is 10.8 Å². The molecular formula is C12H16N2O5S. The van der Waals surface area contributed by atoms with Crippen molar-refractivity contribution in [3.05, 3.63) is 24.3 Å². The Morgan fingerprint density at radius 3 is 2.05 bits per heavy atom. The van der Waals surface area contributed by atoms with Gasteiger partial charge in [0.05, 0.1) is 4.90 Å². The van der Waals surface area contributed by atoms with Crippen molar-refractivity contribution in [1.29, 1.82) is 0 Å². The number of carboxylic acids is 1. The van der Waals surface area contributed by atoms with Gasteiger partial charge < -0.3 is 10.4 Å². The van der Waals surface area contributed by atoms with Gasteiger partial charge in [-0.15, -0.1) is 0 Å². The second-order valence-corrected chi connectivity index (χ2v) is 6.42. The molecule has 0 aliphatic heterocycles. The number of aliphatic carboxylic acids is 1. The third kappa shape index (κ3) is 4.04. The highest BCUT2D eigenvalue weighted by Crippen LogP contribution is 2.16. The maximum absolute atomic E-state index is 12.0. The molecule has 0 heterocycles. The molecule has 1 aromatic carbocycles. The molecule has 0 aromatic heterocycles. The van der Waals surface area contributed by atoms with Gasteiger partial charge in [-0.1, -0.05) is 0 Å². The van der Waals surface area contributed by atoms with Gasteiger partial charge in [0.15, 0.2) is 0 Å². The van der Waals surface area contributed by atoms with E-state index in [4.69, 9.17) is 5.11 Å². The van der Waals surface area contributed by atoms with E-state index in [1.54, 1.807) is 0 Å². The molecule has 1 aromatic rings. The minimum Gasteiger partial charge on any atom is -0.480 e. The van der Waals surface area contributed by atoms with E-state index in [1.807, 2.05) is 0 Å². The molecule has 0 aliphatic rings. The highest BCUT2D eigenvalue weighted by molar-refractivity contribution is 7.89. The molecule has 0 aliphatic carbocycles. The quantitative estimate of drug-likeness (QED) is 0.744. The van der Waals surface area contributed by atoms with Crippen LogP contribution in [0, 0.1) is 0 Å². The van der Waals surface area contributed by atoms with Gasteiger partial charge >= 0.3 is 5.97 Å². The predicted molar refractivity (Wildman–Crippen MR) is 72.8 cm³/mol. The first-order valence-corrected chi connectivity index (χ1v) is 7.18. The van der Waals surface area contributed by atoms with Crippen molar-refractivity contribution in [1.82, 2.24) is 4.72 Å². The van der Waals surface area contributed by atoms with Crippen molar-refractivity contribution >= 4 is 27.6 Å². The molecule has 110 valence electrons. The lowest BCUT2D eigenvalue weighted by molar-refractivity contribution is -0.142. The summed E-state index contributed by atoms with van der Waals surface area (Å²) in [5, 5.41) is 11.4. The Bertz CT molecular complexity index is 620. The summed E-state index contributed by atoms with van der Waals surface area (Å²) in [6.45, 7) is 3.83. The summed E-state index contributed by atoms with van der Waals surface area (Å²) in [6, 6.07) is 5.41. The number of carbonyl (C=O) groups is 2. The number of carboxylic acid groups (broad SMARTS) is 1. The van der Waals surface area contributed by atoms with Gasteiger partial charge in [0.1, 0.15) is 5.54 Å². The van der Waals surface area contributed by atoms with E-state index < -0.39 is 21.5 Å². The molecule has 3 N–H and O–H groups in total. The van der Waals surface area contributed by atoms with Crippen LogP contribution in [0.3, 0.4) is 0 Å². The Labute approximate surface area is 117 Å². The third-order valence-electron chi connectivity index (χ3n) is 2.41. The molecule has 7 nitrogen and oxygen atoms in total. The topological polar surface area (TPSA) is 113 Å². The van der Waals surface area contributed by atoms with Crippen LogP contribution in [-0.2, 0) is 19.6 Å². The Balaban J connectivity index is 2.99. The van der Waals surface area contributed by atoms with Crippen LogP contribution in [0.5, 0.6) is 0 Å². The highest BCUT2D eigenvalue weighted by atomic mass is 32.2. The maximum atomic E-state index is 12.0. The summed E-state index contributed by atoms with van der Waals surface area (Å²) in [4.78, 5) is 21.7. The zero-order valence-corrected chi connectivity index (χ0v) is 12.1. The van der Waals surface area contributed by atoms with Crippen LogP contribution in [0.25, 0.3) is 0 Å². The minimum atomic E-state index is -3.95. The van der Waals surface area contributed by atoms with Crippen LogP contribution >= 0.6 is 0 Å². The fourth-order valence-electron chi connectivity index (χ4n) is 1.36. The van der Waals surface area contributed by atoms with Gasteiger partial charge in [0.2, 0.25) is 15.9 Å². The molecular weight excluding hydrogens is 284 g/mol. The largest absolute Gasteiger partial charge is 0.480 e. The number of hydrogen-bond donors (Lipinski definition) is 3. The van der Waals surface area contributed by atoms with Crippen LogP contribution in [0.2, 0.25) is 0 Å². The van der Waals surface area contributed by atoms with Crippen molar-refractivity contribution < 1.29 is 23.1 Å².